The molecule has 7 nitrogen and oxygen atoms in total. The number of carbonyl (C=O) groups is 1. The van der Waals surface area contributed by atoms with Crippen molar-refractivity contribution in [3.63, 3.8) is 0 Å². The van der Waals surface area contributed by atoms with E-state index in [0.29, 0.717) is 40.5 Å². The van der Waals surface area contributed by atoms with Crippen molar-refractivity contribution in [3.05, 3.63) is 52.8 Å². The zero-order chi connectivity index (χ0) is 22.0. The normalized spacial score (nSPS) is 18.2. The van der Waals surface area contributed by atoms with E-state index in [4.69, 9.17) is 14.2 Å². The maximum Gasteiger partial charge on any atom is 0.231 e. The number of nitrogens with zero attached hydrogens (tertiary/aromatic N) is 2. The third-order valence-electron chi connectivity index (χ3n) is 5.94. The van der Waals surface area contributed by atoms with Crippen LogP contribution in [0.15, 0.2) is 36.1 Å². The van der Waals surface area contributed by atoms with Crippen molar-refractivity contribution in [2.45, 2.75) is 13.5 Å². The predicted molar refractivity (Wildman–Crippen MR) is 118 cm³/mol. The molecule has 0 radical (unpaired) electrons. The van der Waals surface area contributed by atoms with Crippen molar-refractivity contribution >= 4 is 11.9 Å². The fraction of sp³-hybridized carbons (Fsp3) is 0.375. The fourth-order valence-electron chi connectivity index (χ4n) is 4.02. The molecule has 164 valence electrons. The van der Waals surface area contributed by atoms with Gasteiger partial charge in [-0.25, -0.2) is 0 Å². The molecule has 2 aliphatic rings. The van der Waals surface area contributed by atoms with Crippen molar-refractivity contribution in [3.8, 4) is 23.0 Å². The van der Waals surface area contributed by atoms with Gasteiger partial charge >= 0.3 is 0 Å². The van der Waals surface area contributed by atoms with E-state index < -0.39 is 0 Å². The van der Waals surface area contributed by atoms with Crippen molar-refractivity contribution in [1.29, 1.82) is 0 Å². The summed E-state index contributed by atoms with van der Waals surface area (Å²) in [4.78, 5) is 17.7. The minimum Gasteiger partial charge on any atom is -0.507 e. The molecule has 1 saturated heterocycles. The SMILES string of the molecule is CCN1CCN(Cc2c(O)ccc3c2OC(=Cc2ccc(OC)cc2OC)C3=O)CC1. The Morgan fingerprint density at radius 1 is 1.06 bits per heavy atom. The van der Waals surface area contributed by atoms with Gasteiger partial charge in [0.1, 0.15) is 23.0 Å². The number of hydrogen-bond donors (Lipinski definition) is 1. The monoisotopic (exact) mass is 424 g/mol. The molecule has 0 spiro atoms. The zero-order valence-electron chi connectivity index (χ0n) is 18.2. The number of phenolic OH excluding ortho intramolecular Hbond substituents is 1. The van der Waals surface area contributed by atoms with E-state index in [9.17, 15) is 9.90 Å². The molecule has 1 fully saturated rings. The van der Waals surface area contributed by atoms with Crippen LogP contribution in [0.2, 0.25) is 0 Å². The summed E-state index contributed by atoms with van der Waals surface area (Å²) in [5.41, 5.74) is 1.83. The number of Topliss-reactive ketones (excluding diaryl/α,β-unsaturated/α-hetero) is 1. The van der Waals surface area contributed by atoms with Crippen LogP contribution in [-0.2, 0) is 6.54 Å². The number of benzene rings is 2. The van der Waals surface area contributed by atoms with Crippen molar-refractivity contribution < 1.29 is 24.1 Å². The number of fused-ring (bicyclic) bond motifs is 1. The quantitative estimate of drug-likeness (QED) is 0.714. The van der Waals surface area contributed by atoms with Gasteiger partial charge in [-0.3, -0.25) is 9.69 Å². The van der Waals surface area contributed by atoms with E-state index in [2.05, 4.69) is 16.7 Å². The second kappa shape index (κ2) is 8.99. The Hall–Kier alpha value is -3.03. The molecule has 2 aromatic carbocycles. The number of ether oxygens (including phenoxy) is 3. The third-order valence-corrected chi connectivity index (χ3v) is 5.94. The average molecular weight is 424 g/mol. The van der Waals surface area contributed by atoms with Gasteiger partial charge in [0.25, 0.3) is 0 Å². The van der Waals surface area contributed by atoms with Gasteiger partial charge < -0.3 is 24.2 Å². The van der Waals surface area contributed by atoms with E-state index in [1.165, 1.54) is 0 Å². The lowest BCUT2D eigenvalue weighted by molar-refractivity contribution is 0.101. The number of ketones is 1. The lowest BCUT2D eigenvalue weighted by Crippen LogP contribution is -2.45. The standard InChI is InChI=1S/C24H28N2O5/c1-4-25-9-11-26(12-10-25)15-19-20(27)8-7-18-23(28)22(31-24(18)19)13-16-5-6-17(29-2)14-21(16)30-3/h5-8,13-14,27H,4,9-12,15H2,1-3H3. The summed E-state index contributed by atoms with van der Waals surface area (Å²) < 4.78 is 16.7. The van der Waals surface area contributed by atoms with Crippen LogP contribution in [0.25, 0.3) is 6.08 Å². The molecule has 31 heavy (non-hydrogen) atoms. The number of piperazine rings is 1. The van der Waals surface area contributed by atoms with E-state index in [1.807, 2.05) is 6.07 Å². The number of hydrogen-bond acceptors (Lipinski definition) is 7. The number of likely N-dealkylation sites (N-methyl/N-ethyl adjacent to an activating group) is 1. The van der Waals surface area contributed by atoms with Crippen molar-refractivity contribution in [2.24, 2.45) is 0 Å². The van der Waals surface area contributed by atoms with Crippen LogP contribution in [0.3, 0.4) is 0 Å². The summed E-state index contributed by atoms with van der Waals surface area (Å²) in [5, 5.41) is 10.5. The minimum absolute atomic E-state index is 0.146. The van der Waals surface area contributed by atoms with Gasteiger partial charge in [0, 0.05) is 44.4 Å². The van der Waals surface area contributed by atoms with Crippen LogP contribution in [-0.4, -0.2) is 67.6 Å². The second-order valence-corrected chi connectivity index (χ2v) is 7.70. The second-order valence-electron chi connectivity index (χ2n) is 7.70. The molecule has 2 heterocycles. The molecule has 0 aromatic heterocycles. The Morgan fingerprint density at radius 2 is 1.81 bits per heavy atom. The molecule has 2 aromatic rings. The number of aromatic hydroxyl groups is 1. The Balaban J connectivity index is 1.61. The van der Waals surface area contributed by atoms with Gasteiger partial charge in [-0.15, -0.1) is 0 Å². The van der Waals surface area contributed by atoms with Gasteiger partial charge in [-0.2, -0.15) is 0 Å². The number of carbonyl (C=O) groups excluding carboxylic acids is 1. The van der Waals surface area contributed by atoms with Crippen LogP contribution < -0.4 is 14.2 Å². The fourth-order valence-corrected chi connectivity index (χ4v) is 4.02. The highest BCUT2D eigenvalue weighted by atomic mass is 16.5. The Kier molecular flexibility index (Phi) is 6.15. The third kappa shape index (κ3) is 4.24. The van der Waals surface area contributed by atoms with Crippen molar-refractivity contribution in [2.75, 3.05) is 46.9 Å². The summed E-state index contributed by atoms with van der Waals surface area (Å²) in [6.07, 6.45) is 1.67. The number of methoxy groups -OCH3 is 2. The number of allylic oxidation sites excluding steroid dienone is 1. The highest BCUT2D eigenvalue weighted by molar-refractivity contribution is 6.15. The van der Waals surface area contributed by atoms with Gasteiger partial charge in [-0.1, -0.05) is 6.92 Å². The minimum atomic E-state index is -0.204. The van der Waals surface area contributed by atoms with Gasteiger partial charge in [-0.05, 0) is 36.9 Å². The molecule has 1 N–H and O–H groups in total. The smallest absolute Gasteiger partial charge is 0.231 e. The van der Waals surface area contributed by atoms with Crippen LogP contribution in [0, 0.1) is 0 Å². The largest absolute Gasteiger partial charge is 0.507 e. The van der Waals surface area contributed by atoms with E-state index in [1.54, 1.807) is 44.6 Å². The molecule has 2 aliphatic heterocycles. The van der Waals surface area contributed by atoms with Crippen LogP contribution >= 0.6 is 0 Å². The maximum atomic E-state index is 13.0. The Labute approximate surface area is 182 Å². The van der Waals surface area contributed by atoms with Crippen molar-refractivity contribution in [1.82, 2.24) is 9.80 Å². The molecule has 0 unspecified atom stereocenters. The summed E-state index contributed by atoms with van der Waals surface area (Å²) >= 11 is 0. The maximum absolute atomic E-state index is 13.0. The average Bonchev–Trinajstić information content (AvgIpc) is 3.11. The molecule has 0 amide bonds. The van der Waals surface area contributed by atoms with Gasteiger partial charge in [0.2, 0.25) is 5.78 Å². The molecule has 0 saturated carbocycles. The summed E-state index contributed by atoms with van der Waals surface area (Å²) in [6.45, 7) is 7.56. The Morgan fingerprint density at radius 3 is 2.48 bits per heavy atom. The first kappa shape index (κ1) is 21.2. The van der Waals surface area contributed by atoms with Gasteiger partial charge in [0.15, 0.2) is 5.76 Å². The molecule has 7 heteroatoms. The molecular formula is C24H28N2O5. The van der Waals surface area contributed by atoms with Crippen LogP contribution in [0.5, 0.6) is 23.0 Å². The van der Waals surface area contributed by atoms with Gasteiger partial charge in [0.05, 0.1) is 25.3 Å². The molecule has 0 bridgehead atoms. The first-order chi connectivity index (χ1) is 15.0. The summed E-state index contributed by atoms with van der Waals surface area (Å²) in [5.74, 6) is 1.84. The van der Waals surface area contributed by atoms with E-state index >= 15 is 0 Å². The van der Waals surface area contributed by atoms with Crippen LogP contribution in [0.1, 0.15) is 28.4 Å². The highest BCUT2D eigenvalue weighted by Crippen LogP contribution is 2.41. The van der Waals surface area contributed by atoms with Crippen LogP contribution in [0.4, 0.5) is 0 Å². The topological polar surface area (TPSA) is 71.5 Å². The molecule has 0 aliphatic carbocycles. The zero-order valence-corrected chi connectivity index (χ0v) is 18.2. The number of rotatable bonds is 6. The first-order valence-corrected chi connectivity index (χ1v) is 10.5. The molecule has 0 atom stereocenters. The summed E-state index contributed by atoms with van der Waals surface area (Å²) in [6, 6.07) is 8.57. The van der Waals surface area contributed by atoms with E-state index in [-0.39, 0.29) is 17.3 Å². The van der Waals surface area contributed by atoms with E-state index in [0.717, 1.165) is 32.7 Å². The predicted octanol–water partition coefficient (Wildman–Crippen LogP) is 3.16. The molecular weight excluding hydrogens is 396 g/mol. The highest BCUT2D eigenvalue weighted by Gasteiger charge is 2.32. The summed E-state index contributed by atoms with van der Waals surface area (Å²) in [7, 11) is 3.15. The Bertz CT molecular complexity index is 1010. The molecule has 4 rings (SSSR count). The lowest BCUT2D eigenvalue weighted by atomic mass is 10.0. The lowest BCUT2D eigenvalue weighted by Gasteiger charge is -2.34. The number of phenols is 1. The first-order valence-electron chi connectivity index (χ1n) is 10.5.